The Kier molecular flexibility index (Phi) is 3.74. The van der Waals surface area contributed by atoms with Gasteiger partial charge in [0.05, 0.1) is 10.0 Å². The van der Waals surface area contributed by atoms with E-state index in [1.165, 1.54) is 12.1 Å². The molecule has 88 valence electrons. The van der Waals surface area contributed by atoms with Gasteiger partial charge in [-0.05, 0) is 35.9 Å². The fourth-order valence-electron chi connectivity index (χ4n) is 1.54. The van der Waals surface area contributed by atoms with Crippen molar-refractivity contribution < 1.29 is 5.11 Å². The Hall–Kier alpha value is -0.600. The molecule has 0 aliphatic carbocycles. The second-order valence-electron chi connectivity index (χ2n) is 3.44. The standard InChI is InChI=1S/C12H6Cl4O/c13-7-1-6(2-9(17)3-7)12-10(15)4-8(14)5-11(12)16/h1-5,17H. The molecular formula is C12H6Cl4O. The summed E-state index contributed by atoms with van der Waals surface area (Å²) in [7, 11) is 0. The minimum Gasteiger partial charge on any atom is -0.508 e. The largest absolute Gasteiger partial charge is 0.508 e. The number of phenols is 1. The highest BCUT2D eigenvalue weighted by atomic mass is 35.5. The van der Waals surface area contributed by atoms with Crippen molar-refractivity contribution >= 4 is 46.4 Å². The topological polar surface area (TPSA) is 20.2 Å². The van der Waals surface area contributed by atoms with Crippen molar-refractivity contribution in [2.45, 2.75) is 0 Å². The van der Waals surface area contributed by atoms with Crippen molar-refractivity contribution in [3.8, 4) is 16.9 Å². The molecule has 0 bridgehead atoms. The first-order valence-corrected chi connectivity index (χ1v) is 6.13. The van der Waals surface area contributed by atoms with Crippen LogP contribution in [0.25, 0.3) is 11.1 Å². The van der Waals surface area contributed by atoms with Crippen molar-refractivity contribution in [2.24, 2.45) is 0 Å². The van der Waals surface area contributed by atoms with E-state index in [1.54, 1.807) is 18.2 Å². The minimum absolute atomic E-state index is 0.0505. The Bertz CT molecular complexity index is 537. The third-order valence-corrected chi connectivity index (χ3v) is 3.21. The first kappa shape index (κ1) is 12.8. The molecule has 0 saturated carbocycles. The van der Waals surface area contributed by atoms with E-state index < -0.39 is 0 Å². The molecule has 0 heterocycles. The quantitative estimate of drug-likeness (QED) is 0.719. The van der Waals surface area contributed by atoms with Gasteiger partial charge in [0.1, 0.15) is 5.75 Å². The first-order chi connectivity index (χ1) is 7.97. The van der Waals surface area contributed by atoms with E-state index in [-0.39, 0.29) is 5.75 Å². The predicted molar refractivity (Wildman–Crippen MR) is 73.6 cm³/mol. The van der Waals surface area contributed by atoms with Gasteiger partial charge in [-0.1, -0.05) is 46.4 Å². The number of hydrogen-bond acceptors (Lipinski definition) is 1. The lowest BCUT2D eigenvalue weighted by molar-refractivity contribution is 0.475. The highest BCUT2D eigenvalue weighted by Crippen LogP contribution is 2.39. The molecule has 0 aliphatic heterocycles. The maximum Gasteiger partial charge on any atom is 0.117 e. The Morgan fingerprint density at radius 3 is 1.76 bits per heavy atom. The smallest absolute Gasteiger partial charge is 0.117 e. The third-order valence-electron chi connectivity index (χ3n) is 2.18. The van der Waals surface area contributed by atoms with Gasteiger partial charge in [-0.3, -0.25) is 0 Å². The van der Waals surface area contributed by atoms with Crippen LogP contribution in [0.5, 0.6) is 5.75 Å². The molecule has 0 spiro atoms. The summed E-state index contributed by atoms with van der Waals surface area (Å²) in [6, 6.07) is 7.81. The van der Waals surface area contributed by atoms with Gasteiger partial charge < -0.3 is 5.11 Å². The SMILES string of the molecule is Oc1cc(Cl)cc(-c2c(Cl)cc(Cl)cc2Cl)c1. The van der Waals surface area contributed by atoms with E-state index in [2.05, 4.69) is 0 Å². The highest BCUT2D eigenvalue weighted by Gasteiger charge is 2.11. The molecule has 0 unspecified atom stereocenters. The van der Waals surface area contributed by atoms with E-state index in [0.717, 1.165) is 0 Å². The predicted octanol–water partition coefficient (Wildman–Crippen LogP) is 5.67. The molecule has 0 atom stereocenters. The Morgan fingerprint density at radius 2 is 1.24 bits per heavy atom. The number of rotatable bonds is 1. The van der Waals surface area contributed by atoms with Crippen LogP contribution in [0, 0.1) is 0 Å². The lowest BCUT2D eigenvalue weighted by Crippen LogP contribution is -1.83. The first-order valence-electron chi connectivity index (χ1n) is 4.62. The van der Waals surface area contributed by atoms with Crippen LogP contribution in [0.1, 0.15) is 0 Å². The summed E-state index contributed by atoms with van der Waals surface area (Å²) >= 11 is 23.9. The second kappa shape index (κ2) is 4.95. The third kappa shape index (κ3) is 2.80. The summed E-state index contributed by atoms with van der Waals surface area (Å²) in [5.74, 6) is 0.0505. The summed E-state index contributed by atoms with van der Waals surface area (Å²) < 4.78 is 0. The van der Waals surface area contributed by atoms with Crippen LogP contribution in [0.4, 0.5) is 0 Å². The zero-order valence-electron chi connectivity index (χ0n) is 8.35. The molecule has 5 heteroatoms. The molecule has 0 fully saturated rings. The van der Waals surface area contributed by atoms with E-state index in [1.807, 2.05) is 0 Å². The molecule has 1 N–H and O–H groups in total. The summed E-state index contributed by atoms with van der Waals surface area (Å²) in [5.41, 5.74) is 1.23. The van der Waals surface area contributed by atoms with E-state index in [0.29, 0.717) is 31.2 Å². The van der Waals surface area contributed by atoms with Gasteiger partial charge >= 0.3 is 0 Å². The lowest BCUT2D eigenvalue weighted by Gasteiger charge is -2.09. The second-order valence-corrected chi connectivity index (χ2v) is 5.13. The van der Waals surface area contributed by atoms with Gasteiger partial charge in [0.15, 0.2) is 0 Å². The van der Waals surface area contributed by atoms with Crippen LogP contribution in [-0.4, -0.2) is 5.11 Å². The van der Waals surface area contributed by atoms with E-state index in [4.69, 9.17) is 46.4 Å². The molecule has 0 amide bonds. The zero-order chi connectivity index (χ0) is 12.6. The van der Waals surface area contributed by atoms with Crippen LogP contribution in [0.15, 0.2) is 30.3 Å². The van der Waals surface area contributed by atoms with E-state index in [9.17, 15) is 5.11 Å². The van der Waals surface area contributed by atoms with Crippen LogP contribution in [0.2, 0.25) is 20.1 Å². The number of phenolic OH excluding ortho intramolecular Hbond substituents is 1. The van der Waals surface area contributed by atoms with Gasteiger partial charge in [0.2, 0.25) is 0 Å². The van der Waals surface area contributed by atoms with Crippen molar-refractivity contribution in [1.82, 2.24) is 0 Å². The highest BCUT2D eigenvalue weighted by molar-refractivity contribution is 6.42. The number of aromatic hydroxyl groups is 1. The normalized spacial score (nSPS) is 10.6. The van der Waals surface area contributed by atoms with Crippen molar-refractivity contribution in [1.29, 1.82) is 0 Å². The maximum atomic E-state index is 9.49. The lowest BCUT2D eigenvalue weighted by atomic mass is 10.1. The van der Waals surface area contributed by atoms with Crippen LogP contribution >= 0.6 is 46.4 Å². The van der Waals surface area contributed by atoms with Crippen LogP contribution in [-0.2, 0) is 0 Å². The van der Waals surface area contributed by atoms with Crippen LogP contribution < -0.4 is 0 Å². The van der Waals surface area contributed by atoms with Gasteiger partial charge in [0.25, 0.3) is 0 Å². The Balaban J connectivity index is 2.68. The van der Waals surface area contributed by atoms with Crippen molar-refractivity contribution in [3.63, 3.8) is 0 Å². The molecular weight excluding hydrogens is 302 g/mol. The minimum atomic E-state index is 0.0505. The summed E-state index contributed by atoms with van der Waals surface area (Å²) in [4.78, 5) is 0. The number of hydrogen-bond donors (Lipinski definition) is 1. The summed E-state index contributed by atoms with van der Waals surface area (Å²) in [5, 5.41) is 11.2. The fourth-order valence-corrected chi connectivity index (χ4v) is 2.80. The summed E-state index contributed by atoms with van der Waals surface area (Å²) in [6.07, 6.45) is 0. The average Bonchev–Trinajstić information content (AvgIpc) is 2.13. The van der Waals surface area contributed by atoms with Gasteiger partial charge in [-0.2, -0.15) is 0 Å². The van der Waals surface area contributed by atoms with Gasteiger partial charge in [-0.25, -0.2) is 0 Å². The molecule has 1 nitrogen and oxygen atoms in total. The number of benzene rings is 2. The fraction of sp³-hybridized carbons (Fsp3) is 0. The van der Waals surface area contributed by atoms with Crippen LogP contribution in [0.3, 0.4) is 0 Å². The Morgan fingerprint density at radius 1 is 0.706 bits per heavy atom. The van der Waals surface area contributed by atoms with Crippen molar-refractivity contribution in [2.75, 3.05) is 0 Å². The molecule has 2 aromatic rings. The Labute approximate surface area is 118 Å². The van der Waals surface area contributed by atoms with Crippen molar-refractivity contribution in [3.05, 3.63) is 50.4 Å². The zero-order valence-corrected chi connectivity index (χ0v) is 11.4. The molecule has 0 aromatic heterocycles. The van der Waals surface area contributed by atoms with E-state index >= 15 is 0 Å². The summed E-state index contributed by atoms with van der Waals surface area (Å²) in [6.45, 7) is 0. The molecule has 17 heavy (non-hydrogen) atoms. The van der Waals surface area contributed by atoms with Gasteiger partial charge in [-0.15, -0.1) is 0 Å². The molecule has 2 aromatic carbocycles. The molecule has 0 aliphatic rings. The number of halogens is 4. The monoisotopic (exact) mass is 306 g/mol. The maximum absolute atomic E-state index is 9.49. The average molecular weight is 308 g/mol. The van der Waals surface area contributed by atoms with Gasteiger partial charge in [0, 0.05) is 15.6 Å². The molecule has 0 radical (unpaired) electrons. The molecule has 2 rings (SSSR count). The molecule has 0 saturated heterocycles.